The van der Waals surface area contributed by atoms with Gasteiger partial charge in [0.05, 0.1) is 11.6 Å². The summed E-state index contributed by atoms with van der Waals surface area (Å²) in [6, 6.07) is 1.83. The van der Waals surface area contributed by atoms with Crippen LogP contribution in [0.2, 0.25) is 5.02 Å². The molecule has 0 fully saturated rings. The fraction of sp³-hybridized carbons (Fsp3) is 0.333. The Kier molecular flexibility index (Phi) is 2.83. The maximum atomic E-state index is 9.72. The quantitative estimate of drug-likeness (QED) is 0.650. The highest BCUT2D eigenvalue weighted by atomic mass is 35.5. The molecule has 1 aromatic heterocycles. The number of nitroso groups, excluding NO2 is 1. The maximum Gasteiger partial charge on any atom is 0.0859 e. The van der Waals surface area contributed by atoms with Crippen LogP contribution in [0.1, 0.15) is 4.88 Å². The van der Waals surface area contributed by atoms with E-state index in [1.165, 1.54) is 0 Å². The van der Waals surface area contributed by atoms with Gasteiger partial charge in [0.15, 0.2) is 0 Å². The predicted molar refractivity (Wildman–Crippen MR) is 43.7 cm³/mol. The molecule has 0 spiro atoms. The molecule has 1 rings (SSSR count). The topological polar surface area (TPSA) is 29.4 Å². The van der Waals surface area contributed by atoms with E-state index < -0.39 is 0 Å². The highest BCUT2D eigenvalue weighted by Gasteiger charge is 1.99. The van der Waals surface area contributed by atoms with E-state index in [2.05, 4.69) is 5.18 Å². The molecular formula is C6H6ClNOS. The van der Waals surface area contributed by atoms with Crippen LogP contribution in [0, 0.1) is 4.91 Å². The molecule has 0 aliphatic carbocycles. The minimum atomic E-state index is 0.320. The number of hydrogen-bond donors (Lipinski definition) is 0. The summed E-state index contributed by atoms with van der Waals surface area (Å²) in [5.41, 5.74) is 0. The van der Waals surface area contributed by atoms with Crippen LogP contribution in [0.25, 0.3) is 0 Å². The van der Waals surface area contributed by atoms with Crippen LogP contribution in [0.3, 0.4) is 0 Å². The Balaban J connectivity index is 2.56. The fourth-order valence-electron chi connectivity index (χ4n) is 0.651. The lowest BCUT2D eigenvalue weighted by molar-refractivity contribution is 0.979. The third kappa shape index (κ3) is 1.78. The van der Waals surface area contributed by atoms with Gasteiger partial charge in [0, 0.05) is 11.3 Å². The molecular weight excluding hydrogens is 170 g/mol. The number of thiophene rings is 1. The third-order valence-corrected chi connectivity index (χ3v) is 2.57. The summed E-state index contributed by atoms with van der Waals surface area (Å²) in [7, 11) is 0. The van der Waals surface area contributed by atoms with E-state index in [1.54, 1.807) is 11.3 Å². The molecule has 1 aromatic rings. The summed E-state index contributed by atoms with van der Waals surface area (Å²) < 4.78 is 0. The van der Waals surface area contributed by atoms with Gasteiger partial charge >= 0.3 is 0 Å². The highest BCUT2D eigenvalue weighted by Crippen LogP contribution is 2.22. The SMILES string of the molecule is O=NCCc1sccc1Cl. The Morgan fingerprint density at radius 1 is 1.70 bits per heavy atom. The summed E-state index contributed by atoms with van der Waals surface area (Å²) in [6.07, 6.45) is 0.667. The summed E-state index contributed by atoms with van der Waals surface area (Å²) in [4.78, 5) is 10.8. The van der Waals surface area contributed by atoms with Crippen molar-refractivity contribution in [3.63, 3.8) is 0 Å². The Bertz CT molecular complexity index is 223. The molecule has 0 bridgehead atoms. The van der Waals surface area contributed by atoms with E-state index >= 15 is 0 Å². The van der Waals surface area contributed by atoms with E-state index in [0.717, 1.165) is 9.90 Å². The van der Waals surface area contributed by atoms with Crippen molar-refractivity contribution in [2.24, 2.45) is 5.18 Å². The summed E-state index contributed by atoms with van der Waals surface area (Å²) in [5, 5.41) is 5.40. The summed E-state index contributed by atoms with van der Waals surface area (Å²) >= 11 is 7.30. The molecule has 0 amide bonds. The summed E-state index contributed by atoms with van der Waals surface area (Å²) in [5.74, 6) is 0. The van der Waals surface area contributed by atoms with Crippen LogP contribution in [0.4, 0.5) is 0 Å². The maximum absolute atomic E-state index is 9.72. The van der Waals surface area contributed by atoms with Gasteiger partial charge in [0.1, 0.15) is 0 Å². The van der Waals surface area contributed by atoms with Crippen LogP contribution in [-0.2, 0) is 6.42 Å². The van der Waals surface area contributed by atoms with Crippen molar-refractivity contribution >= 4 is 22.9 Å². The van der Waals surface area contributed by atoms with Crippen molar-refractivity contribution < 1.29 is 0 Å². The number of rotatable bonds is 3. The standard InChI is InChI=1S/C6H6ClNOS/c7-5-2-4-10-6(5)1-3-8-9/h2,4H,1,3H2. The largest absolute Gasteiger partial charge is 0.151 e. The Hall–Kier alpha value is -0.410. The predicted octanol–water partition coefficient (Wildman–Crippen LogP) is 2.71. The van der Waals surface area contributed by atoms with Gasteiger partial charge in [0.25, 0.3) is 0 Å². The van der Waals surface area contributed by atoms with Crippen LogP contribution in [0.15, 0.2) is 16.6 Å². The molecule has 0 atom stereocenters. The number of hydrogen-bond acceptors (Lipinski definition) is 3. The lowest BCUT2D eigenvalue weighted by Crippen LogP contribution is -1.83. The molecule has 4 heteroatoms. The molecule has 54 valence electrons. The van der Waals surface area contributed by atoms with E-state index in [4.69, 9.17) is 11.6 Å². The first kappa shape index (κ1) is 7.69. The Morgan fingerprint density at radius 2 is 2.50 bits per heavy atom. The number of nitrogens with zero attached hydrogens (tertiary/aromatic N) is 1. The first-order chi connectivity index (χ1) is 4.84. The first-order valence-corrected chi connectivity index (χ1v) is 4.11. The van der Waals surface area contributed by atoms with E-state index in [1.807, 2.05) is 11.4 Å². The molecule has 0 aliphatic rings. The van der Waals surface area contributed by atoms with Gasteiger partial charge in [-0.05, 0) is 11.4 Å². The van der Waals surface area contributed by atoms with Crippen LogP contribution >= 0.6 is 22.9 Å². The average molecular weight is 176 g/mol. The van der Waals surface area contributed by atoms with Gasteiger partial charge in [0.2, 0.25) is 0 Å². The molecule has 0 unspecified atom stereocenters. The molecule has 0 aliphatic heterocycles. The molecule has 0 radical (unpaired) electrons. The minimum absolute atomic E-state index is 0.320. The normalized spacial score (nSPS) is 9.70. The van der Waals surface area contributed by atoms with E-state index in [9.17, 15) is 4.91 Å². The third-order valence-electron chi connectivity index (χ3n) is 1.12. The molecule has 1 heterocycles. The van der Waals surface area contributed by atoms with Crippen molar-refractivity contribution in [2.45, 2.75) is 6.42 Å². The van der Waals surface area contributed by atoms with Gasteiger partial charge in [-0.25, -0.2) is 0 Å². The molecule has 10 heavy (non-hydrogen) atoms. The highest BCUT2D eigenvalue weighted by molar-refractivity contribution is 7.10. The van der Waals surface area contributed by atoms with Gasteiger partial charge < -0.3 is 0 Å². The average Bonchev–Trinajstić information content (AvgIpc) is 2.31. The second-order valence-corrected chi connectivity index (χ2v) is 3.20. The van der Waals surface area contributed by atoms with Gasteiger partial charge in [-0.3, -0.25) is 0 Å². The molecule has 2 nitrogen and oxygen atoms in total. The zero-order valence-electron chi connectivity index (χ0n) is 5.21. The second kappa shape index (κ2) is 3.68. The lowest BCUT2D eigenvalue weighted by Gasteiger charge is -1.89. The Labute approximate surface area is 67.8 Å². The van der Waals surface area contributed by atoms with E-state index in [0.29, 0.717) is 13.0 Å². The van der Waals surface area contributed by atoms with Crippen LogP contribution in [0.5, 0.6) is 0 Å². The smallest absolute Gasteiger partial charge is 0.0859 e. The Morgan fingerprint density at radius 3 is 3.00 bits per heavy atom. The molecule has 0 saturated heterocycles. The van der Waals surface area contributed by atoms with Crippen LogP contribution < -0.4 is 0 Å². The molecule has 0 saturated carbocycles. The van der Waals surface area contributed by atoms with Gasteiger partial charge in [-0.15, -0.1) is 11.3 Å². The zero-order valence-corrected chi connectivity index (χ0v) is 6.78. The van der Waals surface area contributed by atoms with Crippen molar-refractivity contribution in [3.8, 4) is 0 Å². The van der Waals surface area contributed by atoms with Crippen molar-refractivity contribution in [3.05, 3.63) is 26.3 Å². The summed E-state index contributed by atoms with van der Waals surface area (Å²) in [6.45, 7) is 0.320. The fourth-order valence-corrected chi connectivity index (χ4v) is 1.77. The van der Waals surface area contributed by atoms with Crippen LogP contribution in [-0.4, -0.2) is 6.54 Å². The monoisotopic (exact) mass is 175 g/mol. The van der Waals surface area contributed by atoms with Gasteiger partial charge in [-0.2, -0.15) is 4.91 Å². The minimum Gasteiger partial charge on any atom is -0.151 e. The first-order valence-electron chi connectivity index (χ1n) is 2.85. The van der Waals surface area contributed by atoms with Crippen molar-refractivity contribution in [1.29, 1.82) is 0 Å². The zero-order chi connectivity index (χ0) is 7.40. The van der Waals surface area contributed by atoms with Gasteiger partial charge in [-0.1, -0.05) is 16.8 Å². The lowest BCUT2D eigenvalue weighted by atomic mass is 10.3. The second-order valence-electron chi connectivity index (χ2n) is 1.79. The molecule has 0 N–H and O–H groups in total. The molecule has 0 aromatic carbocycles. The number of halogens is 1. The van der Waals surface area contributed by atoms with Crippen molar-refractivity contribution in [1.82, 2.24) is 0 Å². The van der Waals surface area contributed by atoms with Crippen molar-refractivity contribution in [2.75, 3.05) is 6.54 Å². The van der Waals surface area contributed by atoms with E-state index in [-0.39, 0.29) is 0 Å².